The average Bonchev–Trinajstić information content (AvgIpc) is 3.03. The van der Waals surface area contributed by atoms with Gasteiger partial charge in [0.1, 0.15) is 5.82 Å². The topological polar surface area (TPSA) is 130 Å². The van der Waals surface area contributed by atoms with Gasteiger partial charge in [-0.25, -0.2) is 9.78 Å². The highest BCUT2D eigenvalue weighted by Crippen LogP contribution is 2.24. The van der Waals surface area contributed by atoms with Crippen molar-refractivity contribution in [2.75, 3.05) is 49.7 Å². The summed E-state index contributed by atoms with van der Waals surface area (Å²) in [4.78, 5) is 46.6. The first kappa shape index (κ1) is 32.8. The molecule has 4 aromatic rings. The second-order valence-corrected chi connectivity index (χ2v) is 11.1. The molecule has 1 aromatic heterocycles. The van der Waals surface area contributed by atoms with Gasteiger partial charge >= 0.3 is 6.09 Å². The first-order valence-corrected chi connectivity index (χ1v) is 15.1. The summed E-state index contributed by atoms with van der Waals surface area (Å²) in [5.41, 5.74) is 10.5. The van der Waals surface area contributed by atoms with Gasteiger partial charge in [-0.3, -0.25) is 14.9 Å². The maximum Gasteiger partial charge on any atom is 0.411 e. The quantitative estimate of drug-likeness (QED) is 0.179. The van der Waals surface area contributed by atoms with Crippen molar-refractivity contribution in [2.24, 2.45) is 0 Å². The minimum Gasteiger partial charge on any atom is -0.449 e. The van der Waals surface area contributed by atoms with Gasteiger partial charge in [0.25, 0.3) is 5.91 Å². The number of pyridine rings is 1. The van der Waals surface area contributed by atoms with Crippen LogP contribution in [0.25, 0.3) is 10.8 Å². The lowest BCUT2D eigenvalue weighted by Gasteiger charge is -2.24. The molecule has 0 saturated heterocycles. The number of nitrogens with one attached hydrogen (secondary N) is 2. The first-order chi connectivity index (χ1) is 21.6. The zero-order valence-electron chi connectivity index (χ0n) is 26.6. The van der Waals surface area contributed by atoms with Gasteiger partial charge < -0.3 is 25.6 Å². The van der Waals surface area contributed by atoms with Gasteiger partial charge in [0.05, 0.1) is 13.2 Å². The Balaban J connectivity index is 1.45. The van der Waals surface area contributed by atoms with Crippen LogP contribution in [0.4, 0.5) is 22.0 Å². The SMILES string of the molecule is CCN(CC)C(=O)c1ccc(NC(=O)OCC(C)c2ccccc2C)cc1CN(C)C(=O)CNc1ccc2c(N)nccc2c1. The monoisotopic (exact) mass is 610 g/mol. The van der Waals surface area contributed by atoms with Crippen LogP contribution < -0.4 is 16.4 Å². The van der Waals surface area contributed by atoms with Crippen molar-refractivity contribution in [3.63, 3.8) is 0 Å². The first-order valence-electron chi connectivity index (χ1n) is 15.1. The van der Waals surface area contributed by atoms with E-state index in [4.69, 9.17) is 10.5 Å². The summed E-state index contributed by atoms with van der Waals surface area (Å²) >= 11 is 0. The highest BCUT2D eigenvalue weighted by Gasteiger charge is 2.20. The maximum absolute atomic E-state index is 13.4. The number of carbonyl (C=O) groups is 3. The number of nitrogens with two attached hydrogens (primary N) is 1. The number of aryl methyl sites for hydroxylation is 1. The number of hydrogen-bond donors (Lipinski definition) is 3. The Morgan fingerprint density at radius 1 is 0.978 bits per heavy atom. The third-order valence-corrected chi connectivity index (χ3v) is 7.89. The number of nitrogens with zero attached hydrogens (tertiary/aromatic N) is 3. The van der Waals surface area contributed by atoms with Gasteiger partial charge in [-0.1, -0.05) is 31.2 Å². The van der Waals surface area contributed by atoms with Crippen LogP contribution in [-0.4, -0.2) is 66.0 Å². The molecule has 1 atom stereocenters. The van der Waals surface area contributed by atoms with E-state index in [0.717, 1.165) is 27.6 Å². The van der Waals surface area contributed by atoms with E-state index in [2.05, 4.69) is 15.6 Å². The van der Waals surface area contributed by atoms with Gasteiger partial charge in [0.2, 0.25) is 5.91 Å². The predicted molar refractivity (Wildman–Crippen MR) is 179 cm³/mol. The second-order valence-electron chi connectivity index (χ2n) is 11.1. The van der Waals surface area contributed by atoms with Gasteiger partial charge in [-0.2, -0.15) is 0 Å². The van der Waals surface area contributed by atoms with Crippen molar-refractivity contribution < 1.29 is 19.1 Å². The molecule has 10 nitrogen and oxygen atoms in total. The number of benzene rings is 3. The number of anilines is 3. The molecule has 0 aliphatic rings. The number of amides is 3. The van der Waals surface area contributed by atoms with E-state index in [0.29, 0.717) is 35.7 Å². The van der Waals surface area contributed by atoms with Gasteiger partial charge in [-0.15, -0.1) is 0 Å². The molecule has 4 rings (SSSR count). The van der Waals surface area contributed by atoms with E-state index in [-0.39, 0.29) is 37.4 Å². The van der Waals surface area contributed by atoms with Crippen molar-refractivity contribution in [3.8, 4) is 0 Å². The van der Waals surface area contributed by atoms with Crippen molar-refractivity contribution >= 4 is 45.9 Å². The molecule has 0 aliphatic carbocycles. The van der Waals surface area contributed by atoms with E-state index < -0.39 is 6.09 Å². The van der Waals surface area contributed by atoms with Crippen molar-refractivity contribution in [3.05, 3.63) is 95.2 Å². The molecule has 236 valence electrons. The van der Waals surface area contributed by atoms with Crippen molar-refractivity contribution in [2.45, 2.75) is 40.2 Å². The van der Waals surface area contributed by atoms with Crippen LogP contribution in [0.5, 0.6) is 0 Å². The lowest BCUT2D eigenvalue weighted by Crippen LogP contribution is -2.34. The van der Waals surface area contributed by atoms with Crippen molar-refractivity contribution in [1.29, 1.82) is 0 Å². The zero-order valence-corrected chi connectivity index (χ0v) is 26.6. The van der Waals surface area contributed by atoms with E-state index in [1.54, 1.807) is 41.2 Å². The summed E-state index contributed by atoms with van der Waals surface area (Å²) in [5, 5.41) is 7.71. The molecule has 3 aromatic carbocycles. The lowest BCUT2D eigenvalue weighted by atomic mass is 9.97. The van der Waals surface area contributed by atoms with Crippen LogP contribution in [0.15, 0.2) is 72.9 Å². The van der Waals surface area contributed by atoms with Crippen LogP contribution >= 0.6 is 0 Å². The molecular formula is C35H42N6O4. The largest absolute Gasteiger partial charge is 0.449 e. The third kappa shape index (κ3) is 8.29. The molecule has 0 fully saturated rings. The molecule has 0 radical (unpaired) electrons. The Bertz CT molecular complexity index is 1670. The summed E-state index contributed by atoms with van der Waals surface area (Å²) in [6.45, 7) is 9.41. The van der Waals surface area contributed by atoms with Gasteiger partial charge in [0.15, 0.2) is 0 Å². The molecule has 1 heterocycles. The van der Waals surface area contributed by atoms with Gasteiger partial charge in [-0.05, 0) is 85.3 Å². The lowest BCUT2D eigenvalue weighted by molar-refractivity contribution is -0.128. The standard InChI is InChI=1S/C35H42N6O4/c1-6-41(7-2)34(43)31-15-13-28(39-35(44)45-22-24(4)29-11-9-8-10-23(29)3)19-26(31)21-40(5)32(42)20-38-27-12-14-30-25(18-27)16-17-37-33(30)36/h8-19,24,38H,6-7,20-22H2,1-5H3,(H2,36,37)(H,39,44). The van der Waals surface area contributed by atoms with Crippen LogP contribution in [0.1, 0.15) is 53.7 Å². The summed E-state index contributed by atoms with van der Waals surface area (Å²) < 4.78 is 5.53. The minimum atomic E-state index is -0.592. The molecule has 4 N–H and O–H groups in total. The number of likely N-dealkylation sites (N-methyl/N-ethyl adjacent to an activating group) is 1. The highest BCUT2D eigenvalue weighted by molar-refractivity contribution is 5.97. The number of ether oxygens (including phenoxy) is 1. The number of hydrogen-bond acceptors (Lipinski definition) is 7. The van der Waals surface area contributed by atoms with Crippen LogP contribution in [0.3, 0.4) is 0 Å². The number of aromatic nitrogens is 1. The third-order valence-electron chi connectivity index (χ3n) is 7.89. The Morgan fingerprint density at radius 3 is 2.44 bits per heavy atom. The number of fused-ring (bicyclic) bond motifs is 1. The fourth-order valence-corrected chi connectivity index (χ4v) is 5.24. The van der Waals surface area contributed by atoms with Crippen LogP contribution in [0.2, 0.25) is 0 Å². The molecule has 45 heavy (non-hydrogen) atoms. The fraction of sp³-hybridized carbons (Fsp3) is 0.314. The Kier molecular flexibility index (Phi) is 11.0. The number of carbonyl (C=O) groups excluding carboxylic acids is 3. The predicted octanol–water partition coefficient (Wildman–Crippen LogP) is 6.03. The van der Waals surface area contributed by atoms with Crippen molar-refractivity contribution in [1.82, 2.24) is 14.8 Å². The number of nitrogen functional groups attached to an aromatic ring is 1. The summed E-state index contributed by atoms with van der Waals surface area (Å²) in [6, 6.07) is 20.6. The highest BCUT2D eigenvalue weighted by atomic mass is 16.5. The molecule has 1 unspecified atom stereocenters. The molecule has 0 spiro atoms. The molecule has 0 saturated carbocycles. The number of rotatable bonds is 12. The Hall–Kier alpha value is -5.12. The Labute approximate surface area is 264 Å². The van der Waals surface area contributed by atoms with Crippen LogP contribution in [0, 0.1) is 6.92 Å². The zero-order chi connectivity index (χ0) is 32.5. The average molecular weight is 611 g/mol. The Morgan fingerprint density at radius 2 is 1.71 bits per heavy atom. The molecular weight excluding hydrogens is 568 g/mol. The maximum atomic E-state index is 13.4. The van der Waals surface area contributed by atoms with Crippen LogP contribution in [-0.2, 0) is 16.1 Å². The second kappa shape index (κ2) is 15.1. The van der Waals surface area contributed by atoms with Gasteiger partial charge in [0, 0.05) is 61.1 Å². The van der Waals surface area contributed by atoms with E-state index in [1.165, 1.54) is 0 Å². The summed E-state index contributed by atoms with van der Waals surface area (Å²) in [6.07, 6.45) is 1.05. The summed E-state index contributed by atoms with van der Waals surface area (Å²) in [7, 11) is 1.68. The van der Waals surface area contributed by atoms with E-state index >= 15 is 0 Å². The minimum absolute atomic E-state index is 0.0274. The van der Waals surface area contributed by atoms with E-state index in [9.17, 15) is 14.4 Å². The fourth-order valence-electron chi connectivity index (χ4n) is 5.24. The molecule has 0 bridgehead atoms. The normalized spacial score (nSPS) is 11.5. The smallest absolute Gasteiger partial charge is 0.411 e. The summed E-state index contributed by atoms with van der Waals surface area (Å²) in [5.74, 6) is 0.167. The van der Waals surface area contributed by atoms with E-state index in [1.807, 2.05) is 76.2 Å². The molecule has 0 aliphatic heterocycles. The molecule has 3 amide bonds. The molecule has 10 heteroatoms.